The number of fused-ring (bicyclic) bond motifs is 9. The summed E-state index contributed by atoms with van der Waals surface area (Å²) in [6.45, 7) is 37.3. The number of halogens is 1. The summed E-state index contributed by atoms with van der Waals surface area (Å²) in [6.07, 6.45) is 2.56. The molecule has 0 aromatic heterocycles. The van der Waals surface area contributed by atoms with Crippen LogP contribution in [0.1, 0.15) is 178 Å². The number of hydrogen-bond donors (Lipinski definition) is 2. The lowest BCUT2D eigenvalue weighted by atomic mass is 9.62. The highest BCUT2D eigenvalue weighted by Gasteiger charge is 2.53. The summed E-state index contributed by atoms with van der Waals surface area (Å²) in [7, 11) is -3.66. The fourth-order valence-electron chi connectivity index (χ4n) is 20.4. The van der Waals surface area contributed by atoms with Crippen LogP contribution in [0.4, 0.5) is 0 Å². The van der Waals surface area contributed by atoms with Crippen molar-refractivity contribution in [2.24, 2.45) is 0 Å². The molecule has 2 N–H and O–H groups in total. The predicted molar refractivity (Wildman–Crippen MR) is 478 cm³/mol. The van der Waals surface area contributed by atoms with Gasteiger partial charge in [-0.25, -0.2) is 0 Å². The minimum Gasteiger partial charge on any atom is -0.381 e. The molecule has 1 saturated heterocycles. The number of ketones is 2. The van der Waals surface area contributed by atoms with Gasteiger partial charge in [-0.05, 0) is 213 Å². The van der Waals surface area contributed by atoms with Crippen LogP contribution in [-0.4, -0.2) is 51.1 Å². The van der Waals surface area contributed by atoms with E-state index < -0.39 is 27.3 Å². The topological polar surface area (TPSA) is 83.8 Å². The Hall–Kier alpha value is -9.49. The third kappa shape index (κ3) is 13.6. The van der Waals surface area contributed by atoms with Gasteiger partial charge in [0.2, 0.25) is 0 Å². The summed E-state index contributed by atoms with van der Waals surface area (Å²) < 4.78 is 6.11. The molecule has 2 atom stereocenters. The first-order valence-electron chi connectivity index (χ1n) is 40.1. The van der Waals surface area contributed by atoms with Gasteiger partial charge < -0.3 is 14.9 Å². The number of benzene rings is 14. The van der Waals surface area contributed by atoms with Gasteiger partial charge in [0.1, 0.15) is 11.2 Å². The molecule has 111 heavy (non-hydrogen) atoms. The van der Waals surface area contributed by atoms with E-state index in [1.807, 2.05) is 66.7 Å². The third-order valence-electron chi connectivity index (χ3n) is 25.5. The van der Waals surface area contributed by atoms with E-state index in [0.29, 0.717) is 77.8 Å². The van der Waals surface area contributed by atoms with Gasteiger partial charge in [-0.1, -0.05) is 340 Å². The summed E-state index contributed by atoms with van der Waals surface area (Å²) in [5.74, 6) is -0.154. The Balaban J connectivity index is 0.000000162. The zero-order chi connectivity index (χ0) is 78.6. The molecule has 3 aliphatic rings. The second kappa shape index (κ2) is 31.6. The van der Waals surface area contributed by atoms with Crippen molar-refractivity contribution in [2.45, 2.75) is 161 Å². The molecule has 1 fully saturated rings. The maximum absolute atomic E-state index is 13.9. The van der Waals surface area contributed by atoms with Gasteiger partial charge in [0, 0.05) is 56.6 Å². The lowest BCUT2D eigenvalue weighted by Gasteiger charge is -2.46. The predicted octanol–water partition coefficient (Wildman–Crippen LogP) is 26.1. The molecule has 0 spiro atoms. The zero-order valence-corrected chi connectivity index (χ0v) is 70.8. The van der Waals surface area contributed by atoms with Crippen molar-refractivity contribution < 1.29 is 24.5 Å². The molecule has 0 bridgehead atoms. The van der Waals surface area contributed by atoms with Gasteiger partial charge in [0.25, 0.3) is 0 Å². The number of ether oxygens (including phenoxy) is 1. The van der Waals surface area contributed by atoms with E-state index in [2.05, 4.69) is 308 Å². The van der Waals surface area contributed by atoms with Crippen LogP contribution in [0.15, 0.2) is 271 Å². The van der Waals surface area contributed by atoms with Gasteiger partial charge in [-0.3, -0.25) is 9.59 Å². The van der Waals surface area contributed by atoms with Crippen LogP contribution in [-0.2, 0) is 15.9 Å². The van der Waals surface area contributed by atoms with Gasteiger partial charge in [0.15, 0.2) is 11.6 Å². The minimum absolute atomic E-state index is 0.0766. The number of aliphatic hydroxyl groups is 2. The summed E-state index contributed by atoms with van der Waals surface area (Å²) in [5, 5.41) is 42.4. The Kier molecular flexibility index (Phi) is 22.3. The van der Waals surface area contributed by atoms with Crippen molar-refractivity contribution >= 4 is 108 Å². The van der Waals surface area contributed by atoms with E-state index in [4.69, 9.17) is 4.74 Å². The molecule has 562 valence electrons. The highest BCUT2D eigenvalue weighted by Crippen LogP contribution is 2.56. The number of rotatable bonds is 12. The molecule has 0 radical (unpaired) electrons. The second-order valence-electron chi connectivity index (χ2n) is 33.2. The molecular formula is C103H105BrO5Si2. The molecular weight excluding hydrogens is 1450 g/mol. The van der Waals surface area contributed by atoms with Crippen molar-refractivity contribution in [3.05, 3.63) is 344 Å². The number of aryl methyl sites for hydroxylation is 3. The van der Waals surface area contributed by atoms with Crippen LogP contribution in [0, 0.1) is 20.8 Å². The second-order valence-corrected chi connectivity index (χ2v) is 45.9. The van der Waals surface area contributed by atoms with Crippen LogP contribution in [0.25, 0.3) is 76.1 Å². The first-order chi connectivity index (χ1) is 53.3. The van der Waals surface area contributed by atoms with E-state index >= 15 is 0 Å². The molecule has 1 heterocycles. The summed E-state index contributed by atoms with van der Waals surface area (Å²) >= 11 is 3.53. The van der Waals surface area contributed by atoms with E-state index in [1.54, 1.807) is 12.1 Å². The van der Waals surface area contributed by atoms with E-state index in [0.717, 1.165) is 79.3 Å². The normalized spacial score (nSPS) is 16.1. The Morgan fingerprint density at radius 1 is 0.306 bits per heavy atom. The number of carbonyl (C=O) groups is 2. The van der Waals surface area contributed by atoms with E-state index in [1.165, 1.54) is 65.6 Å². The standard InChI is InChI=1S/C55H54O2Si.C33H34O2Si.C11H9Br.C4H8O/c1-34(2)58(35(3)4,36(5)6)43-27-25-39-23-24-40(31-42(39)32-43)41-26-30-52-53(33-41)55(57,49-29-22-38(8)45-16-10-12-18-47(45)49)51-20-14-13-19-50(51)54(52,56)48-28-21-37(7)44-15-9-11-17-46(44)48;1-20(2)36(21(3)4,22(5)6)27-15-13-23-11-12-24(17-26(23)18-27)25-14-16-30-31(19-25)33(35)29-10-8-7-9-28(29)32(30)34;1-8-6-7-11(12)10-5-3-2-4-9(8)10;1-2-4-5-3-1/h9-36,56-57H,1-8H3;7-22H,1-6H3;2-7H,1H3;1-4H2. The molecule has 14 aromatic rings. The summed E-state index contributed by atoms with van der Waals surface area (Å²) in [4.78, 5) is 26.3. The monoisotopic (exact) mass is 1560 g/mol. The van der Waals surface area contributed by atoms with E-state index in [9.17, 15) is 19.8 Å². The van der Waals surface area contributed by atoms with Crippen molar-refractivity contribution in [3.63, 3.8) is 0 Å². The molecule has 2 unspecified atom stereocenters. The summed E-state index contributed by atoms with van der Waals surface area (Å²) in [5.41, 5.74) is 14.7. The molecule has 1 aliphatic heterocycles. The molecule has 0 saturated carbocycles. The van der Waals surface area contributed by atoms with Gasteiger partial charge in [-0.15, -0.1) is 0 Å². The van der Waals surface area contributed by atoms with Gasteiger partial charge in [-0.2, -0.15) is 0 Å². The van der Waals surface area contributed by atoms with Crippen LogP contribution < -0.4 is 10.4 Å². The fourth-order valence-corrected chi connectivity index (χ4v) is 34.5. The van der Waals surface area contributed by atoms with Crippen LogP contribution in [0.5, 0.6) is 0 Å². The van der Waals surface area contributed by atoms with Crippen molar-refractivity contribution in [3.8, 4) is 22.3 Å². The highest BCUT2D eigenvalue weighted by atomic mass is 79.9. The quantitative estimate of drug-likeness (QED) is 0.119. The lowest BCUT2D eigenvalue weighted by Crippen LogP contribution is -2.55. The van der Waals surface area contributed by atoms with Crippen LogP contribution in [0.2, 0.25) is 33.2 Å². The van der Waals surface area contributed by atoms with Crippen molar-refractivity contribution in [2.75, 3.05) is 13.2 Å². The van der Waals surface area contributed by atoms with Crippen LogP contribution >= 0.6 is 15.9 Å². The number of hydrogen-bond acceptors (Lipinski definition) is 5. The average Bonchev–Trinajstić information content (AvgIpc) is 1.30. The van der Waals surface area contributed by atoms with Gasteiger partial charge >= 0.3 is 0 Å². The Labute approximate surface area is 668 Å². The third-order valence-corrected chi connectivity index (χ3v) is 40.3. The molecule has 14 aromatic carbocycles. The first-order valence-corrected chi connectivity index (χ1v) is 45.3. The first kappa shape index (κ1) is 78.2. The number of carbonyl (C=O) groups excluding carboxylic acids is 2. The molecule has 0 amide bonds. The smallest absolute Gasteiger partial charge is 0.194 e. The van der Waals surface area contributed by atoms with E-state index in [-0.39, 0.29) is 11.6 Å². The molecule has 8 heteroatoms. The maximum Gasteiger partial charge on any atom is 0.194 e. The average molecular weight is 1560 g/mol. The van der Waals surface area contributed by atoms with Gasteiger partial charge in [0.05, 0.1) is 16.1 Å². The van der Waals surface area contributed by atoms with Crippen molar-refractivity contribution in [1.29, 1.82) is 0 Å². The van der Waals surface area contributed by atoms with Crippen LogP contribution in [0.3, 0.4) is 0 Å². The Morgan fingerprint density at radius 2 is 0.631 bits per heavy atom. The Morgan fingerprint density at radius 3 is 1.06 bits per heavy atom. The lowest BCUT2D eigenvalue weighted by molar-refractivity contribution is 0.0764. The highest BCUT2D eigenvalue weighted by molar-refractivity contribution is 9.10. The molecule has 17 rings (SSSR count). The SMILES string of the molecule is C1CCOC1.CC(C)[Si](c1ccc2ccc(-c3ccc4c(c3)C(=O)c3ccccc3C4=O)cc2c1)(C(C)C)C(C)C.Cc1ccc(Br)c2ccccc12.Cc1ccc(C2(O)c3ccccc3C(O)(c3ccc(C)c4ccccc34)c3cc(-c4ccc5ccc([Si](C(C)C)(C(C)C)C(C)C)cc5c4)ccc32)c2ccccc12. The zero-order valence-electron chi connectivity index (χ0n) is 67.2. The molecule has 5 nitrogen and oxygen atoms in total. The Bertz CT molecular complexity index is 5810. The molecule has 2 aliphatic carbocycles. The maximum atomic E-state index is 13.9. The van der Waals surface area contributed by atoms with Crippen molar-refractivity contribution in [1.82, 2.24) is 0 Å². The summed E-state index contributed by atoms with van der Waals surface area (Å²) in [6, 6.07) is 92.4. The fraction of sp³-hybridized carbons (Fsp3) is 0.262. The largest absolute Gasteiger partial charge is 0.381 e. The minimum atomic E-state index is -1.89.